The van der Waals surface area contributed by atoms with Gasteiger partial charge in [0.2, 0.25) is 0 Å². The summed E-state index contributed by atoms with van der Waals surface area (Å²) in [4.78, 5) is 13.8. The highest BCUT2D eigenvalue weighted by Crippen LogP contribution is 2.23. The van der Waals surface area contributed by atoms with Crippen molar-refractivity contribution in [2.45, 2.75) is 6.54 Å². The topological polar surface area (TPSA) is 66.6 Å². The molecule has 0 saturated heterocycles. The molecular weight excluding hydrogens is 276 g/mol. The highest BCUT2D eigenvalue weighted by molar-refractivity contribution is 6.30. The van der Waals surface area contributed by atoms with Gasteiger partial charge in [0.1, 0.15) is 5.75 Å². The van der Waals surface area contributed by atoms with Gasteiger partial charge in [0.05, 0.1) is 5.56 Å². The number of nitrogens with two attached hydrogens (primary N) is 1. The monoisotopic (exact) mass is 290 g/mol. The molecule has 5 heteroatoms. The summed E-state index contributed by atoms with van der Waals surface area (Å²) in [6.45, 7) is 0.432. The van der Waals surface area contributed by atoms with Gasteiger partial charge in [0, 0.05) is 24.3 Å². The number of rotatable bonds is 3. The number of nitrogens with zero attached hydrogens (tertiary/aromatic N) is 1. The first kappa shape index (κ1) is 14.2. The summed E-state index contributed by atoms with van der Waals surface area (Å²) in [6, 6.07) is 11.7. The van der Waals surface area contributed by atoms with E-state index < -0.39 is 0 Å². The number of phenols is 1. The van der Waals surface area contributed by atoms with Gasteiger partial charge in [0.25, 0.3) is 5.91 Å². The zero-order valence-electron chi connectivity index (χ0n) is 11.0. The molecule has 0 aromatic heterocycles. The van der Waals surface area contributed by atoms with Crippen LogP contribution in [0, 0.1) is 0 Å². The fourth-order valence-electron chi connectivity index (χ4n) is 1.86. The van der Waals surface area contributed by atoms with Crippen LogP contribution < -0.4 is 5.73 Å². The number of anilines is 1. The Kier molecular flexibility index (Phi) is 4.15. The van der Waals surface area contributed by atoms with E-state index in [1.807, 2.05) is 12.1 Å². The number of hydrogen-bond donors (Lipinski definition) is 2. The van der Waals surface area contributed by atoms with E-state index in [2.05, 4.69) is 0 Å². The lowest BCUT2D eigenvalue weighted by atomic mass is 10.1. The molecule has 104 valence electrons. The molecular formula is C15H15ClN2O2. The summed E-state index contributed by atoms with van der Waals surface area (Å²) in [6.07, 6.45) is 0. The Morgan fingerprint density at radius 2 is 1.90 bits per heavy atom. The molecule has 0 aliphatic rings. The number of benzene rings is 2. The lowest BCUT2D eigenvalue weighted by Gasteiger charge is -2.18. The van der Waals surface area contributed by atoms with Gasteiger partial charge in [-0.2, -0.15) is 0 Å². The summed E-state index contributed by atoms with van der Waals surface area (Å²) < 4.78 is 0. The average molecular weight is 291 g/mol. The van der Waals surface area contributed by atoms with Crippen molar-refractivity contribution in [1.82, 2.24) is 4.90 Å². The summed E-state index contributed by atoms with van der Waals surface area (Å²) in [5.41, 5.74) is 7.49. The van der Waals surface area contributed by atoms with Crippen LogP contribution in [0.2, 0.25) is 5.02 Å². The van der Waals surface area contributed by atoms with Crippen LogP contribution in [-0.4, -0.2) is 23.0 Å². The number of amides is 1. The number of hydrogen-bond acceptors (Lipinski definition) is 3. The molecule has 0 fully saturated rings. The van der Waals surface area contributed by atoms with Gasteiger partial charge in [0.15, 0.2) is 0 Å². The maximum Gasteiger partial charge on any atom is 0.257 e. The zero-order valence-corrected chi connectivity index (χ0v) is 11.8. The number of phenolic OH excluding ortho intramolecular Hbond substituents is 1. The van der Waals surface area contributed by atoms with Crippen molar-refractivity contribution < 1.29 is 9.90 Å². The highest BCUT2D eigenvalue weighted by atomic mass is 35.5. The smallest absolute Gasteiger partial charge is 0.257 e. The minimum Gasteiger partial charge on any atom is -0.507 e. The second-order valence-electron chi connectivity index (χ2n) is 4.56. The number of carbonyl (C=O) groups is 1. The van der Waals surface area contributed by atoms with Gasteiger partial charge in [-0.15, -0.1) is 0 Å². The molecule has 0 bridgehead atoms. The van der Waals surface area contributed by atoms with Crippen molar-refractivity contribution in [2.75, 3.05) is 12.8 Å². The first-order valence-corrected chi connectivity index (χ1v) is 6.43. The first-order chi connectivity index (χ1) is 9.47. The number of carbonyl (C=O) groups excluding carboxylic acids is 1. The van der Waals surface area contributed by atoms with E-state index in [0.29, 0.717) is 17.3 Å². The molecule has 0 spiro atoms. The molecule has 0 saturated carbocycles. The van der Waals surface area contributed by atoms with Crippen LogP contribution in [-0.2, 0) is 6.54 Å². The van der Waals surface area contributed by atoms with Gasteiger partial charge in [-0.25, -0.2) is 0 Å². The van der Waals surface area contributed by atoms with E-state index in [4.69, 9.17) is 17.3 Å². The van der Waals surface area contributed by atoms with Crippen molar-refractivity contribution >= 4 is 23.2 Å². The van der Waals surface area contributed by atoms with Crippen LogP contribution >= 0.6 is 11.6 Å². The quantitative estimate of drug-likeness (QED) is 0.854. The Morgan fingerprint density at radius 3 is 2.50 bits per heavy atom. The Balaban J connectivity index is 2.14. The maximum atomic E-state index is 12.2. The fourth-order valence-corrected chi connectivity index (χ4v) is 2.03. The fraction of sp³-hybridized carbons (Fsp3) is 0.133. The summed E-state index contributed by atoms with van der Waals surface area (Å²) in [5, 5.41) is 10.2. The van der Waals surface area contributed by atoms with E-state index in [1.54, 1.807) is 25.2 Å². The van der Waals surface area contributed by atoms with Gasteiger partial charge in [-0.05, 0) is 35.9 Å². The van der Waals surface area contributed by atoms with Crippen LogP contribution in [0.15, 0.2) is 42.5 Å². The molecule has 0 radical (unpaired) electrons. The Morgan fingerprint density at radius 1 is 1.25 bits per heavy atom. The number of nitrogen functional groups attached to an aromatic ring is 1. The SMILES string of the molecule is CN(Cc1ccc(N)cc1)C(=O)c1ccc(Cl)cc1O. The van der Waals surface area contributed by atoms with E-state index in [9.17, 15) is 9.90 Å². The van der Waals surface area contributed by atoms with E-state index in [0.717, 1.165) is 5.56 Å². The van der Waals surface area contributed by atoms with Crippen LogP contribution in [0.25, 0.3) is 0 Å². The predicted octanol–water partition coefficient (Wildman–Crippen LogP) is 2.90. The van der Waals surface area contributed by atoms with Crippen molar-refractivity contribution in [2.24, 2.45) is 0 Å². The van der Waals surface area contributed by atoms with E-state index in [-0.39, 0.29) is 17.2 Å². The van der Waals surface area contributed by atoms with E-state index >= 15 is 0 Å². The predicted molar refractivity (Wildman–Crippen MR) is 79.8 cm³/mol. The summed E-state index contributed by atoms with van der Waals surface area (Å²) >= 11 is 5.75. The number of aromatic hydroxyl groups is 1. The molecule has 0 aliphatic carbocycles. The second kappa shape index (κ2) is 5.84. The van der Waals surface area contributed by atoms with Crippen molar-refractivity contribution in [3.63, 3.8) is 0 Å². The third kappa shape index (κ3) is 3.22. The molecule has 1 amide bonds. The molecule has 2 aromatic carbocycles. The van der Waals surface area contributed by atoms with E-state index in [1.165, 1.54) is 17.0 Å². The lowest BCUT2D eigenvalue weighted by molar-refractivity contribution is 0.0782. The maximum absolute atomic E-state index is 12.2. The van der Waals surface area contributed by atoms with Gasteiger partial charge in [-0.1, -0.05) is 23.7 Å². The van der Waals surface area contributed by atoms with Gasteiger partial charge >= 0.3 is 0 Å². The normalized spacial score (nSPS) is 10.3. The van der Waals surface area contributed by atoms with Crippen molar-refractivity contribution in [3.05, 3.63) is 58.6 Å². The van der Waals surface area contributed by atoms with Crippen LogP contribution in [0.5, 0.6) is 5.75 Å². The summed E-state index contributed by atoms with van der Waals surface area (Å²) in [5.74, 6) is -0.386. The Hall–Kier alpha value is -2.20. The average Bonchev–Trinajstić information content (AvgIpc) is 2.40. The van der Waals surface area contributed by atoms with Crippen molar-refractivity contribution in [1.29, 1.82) is 0 Å². The molecule has 0 heterocycles. The lowest BCUT2D eigenvalue weighted by Crippen LogP contribution is -2.26. The third-order valence-corrected chi connectivity index (χ3v) is 3.17. The van der Waals surface area contributed by atoms with Gasteiger partial charge < -0.3 is 15.7 Å². The molecule has 0 aliphatic heterocycles. The second-order valence-corrected chi connectivity index (χ2v) is 5.00. The molecule has 0 unspecified atom stereocenters. The zero-order chi connectivity index (χ0) is 14.7. The molecule has 20 heavy (non-hydrogen) atoms. The van der Waals surface area contributed by atoms with Crippen molar-refractivity contribution in [3.8, 4) is 5.75 Å². The Labute approximate surface area is 122 Å². The molecule has 2 aromatic rings. The molecule has 3 N–H and O–H groups in total. The number of halogens is 1. The highest BCUT2D eigenvalue weighted by Gasteiger charge is 2.16. The minimum atomic E-state index is -0.268. The Bertz CT molecular complexity index is 626. The first-order valence-electron chi connectivity index (χ1n) is 6.06. The molecule has 0 atom stereocenters. The van der Waals surface area contributed by atoms with Crippen LogP contribution in [0.1, 0.15) is 15.9 Å². The van der Waals surface area contributed by atoms with Gasteiger partial charge in [-0.3, -0.25) is 4.79 Å². The molecule has 4 nitrogen and oxygen atoms in total. The standard InChI is InChI=1S/C15H15ClN2O2/c1-18(9-10-2-5-12(17)6-3-10)15(20)13-7-4-11(16)8-14(13)19/h2-8,19H,9,17H2,1H3. The van der Waals surface area contributed by atoms with Crippen LogP contribution in [0.3, 0.4) is 0 Å². The minimum absolute atomic E-state index is 0.119. The third-order valence-electron chi connectivity index (χ3n) is 2.94. The summed E-state index contributed by atoms with van der Waals surface area (Å²) in [7, 11) is 1.67. The largest absolute Gasteiger partial charge is 0.507 e. The molecule has 2 rings (SSSR count). The van der Waals surface area contributed by atoms with Crippen LogP contribution in [0.4, 0.5) is 5.69 Å².